The molecule has 31 heavy (non-hydrogen) atoms. The van der Waals surface area contributed by atoms with E-state index in [-0.39, 0.29) is 42.8 Å². The van der Waals surface area contributed by atoms with E-state index in [0.29, 0.717) is 0 Å². The van der Waals surface area contributed by atoms with E-state index in [4.69, 9.17) is 10.5 Å². The summed E-state index contributed by atoms with van der Waals surface area (Å²) in [7, 11) is 0. The molecule has 3 rings (SSSR count). The van der Waals surface area contributed by atoms with Crippen LogP contribution in [0.1, 0.15) is 10.5 Å². The Kier molecular flexibility index (Phi) is 7.16. The van der Waals surface area contributed by atoms with E-state index in [1.54, 1.807) is 0 Å². The summed E-state index contributed by atoms with van der Waals surface area (Å²) in [5.41, 5.74) is 4.14. The molecule has 0 radical (unpaired) electrons. The second kappa shape index (κ2) is 10.0. The Morgan fingerprint density at radius 2 is 1.87 bits per heavy atom. The number of aliphatic hydroxyl groups excluding tert-OH is 1. The number of aliphatic hydroxyl groups is 1. The number of nitrogens with two attached hydrogens (primary N) is 1. The van der Waals surface area contributed by atoms with Gasteiger partial charge in [0.2, 0.25) is 0 Å². The Hall–Kier alpha value is -3.50. The average Bonchev–Trinajstić information content (AvgIpc) is 2.76. The van der Waals surface area contributed by atoms with Gasteiger partial charge in [0.05, 0.1) is 25.0 Å². The third kappa shape index (κ3) is 5.16. The van der Waals surface area contributed by atoms with Crippen LogP contribution in [0.5, 0.6) is 5.75 Å². The lowest BCUT2D eigenvalue weighted by molar-refractivity contribution is 0.102. The second-order valence-electron chi connectivity index (χ2n) is 6.54. The smallest absolute Gasteiger partial charge is 0.274 e. The highest BCUT2D eigenvalue weighted by Crippen LogP contribution is 2.28. The Morgan fingerprint density at radius 1 is 1.13 bits per heavy atom. The van der Waals surface area contributed by atoms with Gasteiger partial charge in [-0.2, -0.15) is 0 Å². The highest BCUT2D eigenvalue weighted by molar-refractivity contribution is 6.03. The first-order chi connectivity index (χ1) is 14.9. The molecule has 0 aliphatic heterocycles. The van der Waals surface area contributed by atoms with Gasteiger partial charge in [-0.3, -0.25) is 9.78 Å². The van der Waals surface area contributed by atoms with Gasteiger partial charge in [0.25, 0.3) is 5.91 Å². The maximum absolute atomic E-state index is 14.2. The average molecular weight is 432 g/mol. The minimum atomic E-state index is -1.01. The molecule has 7 nitrogen and oxygen atoms in total. The second-order valence-corrected chi connectivity index (χ2v) is 6.54. The number of hydrogen-bond acceptors (Lipinski definition) is 6. The highest BCUT2D eigenvalue weighted by Gasteiger charge is 2.20. The number of rotatable bonds is 8. The van der Waals surface area contributed by atoms with Gasteiger partial charge < -0.3 is 20.9 Å². The number of ether oxygens (including phenoxy) is 1. The molecule has 1 unspecified atom stereocenters. The Morgan fingerprint density at radius 3 is 2.55 bits per heavy atom. The van der Waals surface area contributed by atoms with E-state index in [1.165, 1.54) is 18.5 Å². The molecule has 0 bridgehead atoms. The molecule has 0 aliphatic carbocycles. The predicted molar refractivity (Wildman–Crippen MR) is 107 cm³/mol. The van der Waals surface area contributed by atoms with Crippen molar-refractivity contribution in [3.63, 3.8) is 0 Å². The largest absolute Gasteiger partial charge is 0.491 e. The maximum atomic E-state index is 14.2. The standard InChI is InChI=1S/C21H19F3N4O3/c22-13-2-1-3-14(23)19(13)20-15(24)4-5-16(27-20)21(30)28-17-9-26-7-6-18(17)31-11-12(8-25)10-29/h1-7,9,12,29H,8,10-11,25H2,(H,28,30). The Balaban J connectivity index is 1.86. The molecule has 3 aromatic rings. The molecular formula is C21H19F3N4O3. The van der Waals surface area contributed by atoms with Gasteiger partial charge >= 0.3 is 0 Å². The van der Waals surface area contributed by atoms with Crippen LogP contribution in [-0.2, 0) is 0 Å². The van der Waals surface area contributed by atoms with Crippen LogP contribution in [0.15, 0.2) is 48.8 Å². The van der Waals surface area contributed by atoms with Crippen LogP contribution in [0.3, 0.4) is 0 Å². The monoisotopic (exact) mass is 432 g/mol. The molecule has 0 fully saturated rings. The van der Waals surface area contributed by atoms with Gasteiger partial charge in [-0.25, -0.2) is 18.2 Å². The van der Waals surface area contributed by atoms with Crippen molar-refractivity contribution in [1.82, 2.24) is 9.97 Å². The van der Waals surface area contributed by atoms with E-state index in [0.717, 1.165) is 30.3 Å². The SMILES string of the molecule is NCC(CO)COc1ccncc1NC(=O)c1ccc(F)c(-c2c(F)cccc2F)n1. The summed E-state index contributed by atoms with van der Waals surface area (Å²) in [6.45, 7) is 0.141. The van der Waals surface area contributed by atoms with Crippen molar-refractivity contribution in [1.29, 1.82) is 0 Å². The van der Waals surface area contributed by atoms with Gasteiger partial charge in [-0.1, -0.05) is 6.07 Å². The zero-order valence-corrected chi connectivity index (χ0v) is 16.2. The van der Waals surface area contributed by atoms with Crippen molar-refractivity contribution < 1.29 is 27.8 Å². The number of aromatic nitrogens is 2. The number of nitrogens with zero attached hydrogens (tertiary/aromatic N) is 2. The first-order valence-electron chi connectivity index (χ1n) is 9.24. The molecule has 4 N–H and O–H groups in total. The molecule has 1 aromatic carbocycles. The highest BCUT2D eigenvalue weighted by atomic mass is 19.1. The summed E-state index contributed by atoms with van der Waals surface area (Å²) in [4.78, 5) is 20.4. The van der Waals surface area contributed by atoms with Crippen LogP contribution in [0.2, 0.25) is 0 Å². The van der Waals surface area contributed by atoms with Crippen molar-refractivity contribution in [2.24, 2.45) is 11.7 Å². The van der Waals surface area contributed by atoms with E-state index in [2.05, 4.69) is 15.3 Å². The van der Waals surface area contributed by atoms with Crippen molar-refractivity contribution in [3.8, 4) is 17.0 Å². The van der Waals surface area contributed by atoms with Gasteiger partial charge in [-0.05, 0) is 24.3 Å². The number of hydrogen-bond donors (Lipinski definition) is 3. The fourth-order valence-electron chi connectivity index (χ4n) is 2.66. The number of amides is 1. The normalized spacial score (nSPS) is 11.8. The molecule has 2 aromatic heterocycles. The molecule has 0 spiro atoms. The molecule has 0 aliphatic rings. The van der Waals surface area contributed by atoms with Crippen molar-refractivity contribution >= 4 is 11.6 Å². The van der Waals surface area contributed by atoms with Crippen molar-refractivity contribution in [2.75, 3.05) is 25.1 Å². The number of carbonyl (C=O) groups excluding carboxylic acids is 1. The summed E-state index contributed by atoms with van der Waals surface area (Å²) >= 11 is 0. The lowest BCUT2D eigenvalue weighted by atomic mass is 10.1. The van der Waals surface area contributed by atoms with Crippen molar-refractivity contribution in [2.45, 2.75) is 0 Å². The summed E-state index contributed by atoms with van der Waals surface area (Å²) in [6.07, 6.45) is 2.77. The maximum Gasteiger partial charge on any atom is 0.274 e. The minimum absolute atomic E-state index is 0.103. The van der Waals surface area contributed by atoms with Gasteiger partial charge in [0.1, 0.15) is 40.3 Å². The van der Waals surface area contributed by atoms with E-state index < -0.39 is 34.6 Å². The minimum Gasteiger partial charge on any atom is -0.491 e. The third-order valence-corrected chi connectivity index (χ3v) is 4.37. The van der Waals surface area contributed by atoms with Gasteiger partial charge in [0, 0.05) is 24.7 Å². The molecular weight excluding hydrogens is 413 g/mol. The molecule has 1 amide bonds. The van der Waals surface area contributed by atoms with Gasteiger partial charge in [-0.15, -0.1) is 0 Å². The first-order valence-corrected chi connectivity index (χ1v) is 9.24. The Bertz CT molecular complexity index is 1060. The number of carbonyl (C=O) groups is 1. The summed E-state index contributed by atoms with van der Waals surface area (Å²) in [6, 6.07) is 6.55. The number of benzene rings is 1. The molecule has 0 saturated carbocycles. The number of pyridine rings is 2. The van der Waals surface area contributed by atoms with Crippen LogP contribution in [0, 0.1) is 23.4 Å². The molecule has 1 atom stereocenters. The number of anilines is 1. The third-order valence-electron chi connectivity index (χ3n) is 4.37. The van der Waals surface area contributed by atoms with E-state index in [1.807, 2.05) is 0 Å². The number of halogens is 3. The quantitative estimate of drug-likeness (QED) is 0.505. The van der Waals surface area contributed by atoms with Crippen LogP contribution in [0.25, 0.3) is 11.3 Å². The first kappa shape index (κ1) is 22.2. The van der Waals surface area contributed by atoms with Gasteiger partial charge in [0.15, 0.2) is 0 Å². The molecule has 10 heteroatoms. The zero-order valence-electron chi connectivity index (χ0n) is 16.2. The fraction of sp³-hybridized carbons (Fsp3) is 0.190. The summed E-state index contributed by atoms with van der Waals surface area (Å²) < 4.78 is 47.9. The van der Waals surface area contributed by atoms with E-state index >= 15 is 0 Å². The summed E-state index contributed by atoms with van der Waals surface area (Å²) in [5.74, 6) is -3.81. The fourth-order valence-corrected chi connectivity index (χ4v) is 2.66. The predicted octanol–water partition coefficient (Wildman–Crippen LogP) is 2.76. The molecule has 2 heterocycles. The topological polar surface area (TPSA) is 110 Å². The number of nitrogens with one attached hydrogen (secondary N) is 1. The summed E-state index contributed by atoms with van der Waals surface area (Å²) in [5, 5.41) is 11.7. The molecule has 162 valence electrons. The van der Waals surface area contributed by atoms with Crippen LogP contribution in [-0.4, -0.2) is 40.7 Å². The van der Waals surface area contributed by atoms with Crippen LogP contribution < -0.4 is 15.8 Å². The Labute approximate surface area is 175 Å². The zero-order chi connectivity index (χ0) is 22.4. The van der Waals surface area contributed by atoms with E-state index in [9.17, 15) is 23.1 Å². The lowest BCUT2D eigenvalue weighted by Crippen LogP contribution is -2.25. The lowest BCUT2D eigenvalue weighted by Gasteiger charge is -2.16. The van der Waals surface area contributed by atoms with Crippen molar-refractivity contribution in [3.05, 3.63) is 71.9 Å². The molecule has 0 saturated heterocycles. The van der Waals surface area contributed by atoms with Crippen LogP contribution in [0.4, 0.5) is 18.9 Å². The van der Waals surface area contributed by atoms with Crippen LogP contribution >= 0.6 is 0 Å².